The van der Waals surface area contributed by atoms with Crippen LogP contribution in [0.25, 0.3) is 11.3 Å². The third-order valence-corrected chi connectivity index (χ3v) is 4.95. The van der Waals surface area contributed by atoms with E-state index >= 15 is 0 Å². The molecule has 122 valence electrons. The highest BCUT2D eigenvalue weighted by molar-refractivity contribution is 9.10. The second-order valence-electron chi connectivity index (χ2n) is 5.50. The largest absolute Gasteiger partial charge is 0.355 e. The SMILES string of the molecule is Cn1c(-c2ccc(Br)cc2)c[n+](CC(=O)c2ccc(Br)cc2)c1N. The number of ketones is 1. The quantitative estimate of drug-likeness (QED) is 0.484. The average molecular weight is 450 g/mol. The Morgan fingerprint density at radius 2 is 1.58 bits per heavy atom. The fourth-order valence-electron chi connectivity index (χ4n) is 2.51. The molecule has 0 spiro atoms. The minimum Gasteiger partial charge on any atom is -0.291 e. The molecule has 24 heavy (non-hydrogen) atoms. The molecule has 0 bridgehead atoms. The molecule has 0 amide bonds. The van der Waals surface area contributed by atoms with Crippen molar-refractivity contribution in [1.29, 1.82) is 0 Å². The highest BCUT2D eigenvalue weighted by atomic mass is 79.9. The van der Waals surface area contributed by atoms with Crippen molar-refractivity contribution in [2.24, 2.45) is 7.05 Å². The number of aromatic nitrogens is 2. The van der Waals surface area contributed by atoms with Gasteiger partial charge in [-0.1, -0.05) is 56.1 Å². The van der Waals surface area contributed by atoms with Gasteiger partial charge < -0.3 is 0 Å². The molecule has 6 heteroatoms. The maximum absolute atomic E-state index is 12.5. The van der Waals surface area contributed by atoms with Crippen molar-refractivity contribution >= 4 is 43.6 Å². The molecule has 2 aromatic carbocycles. The van der Waals surface area contributed by atoms with Crippen LogP contribution in [0.2, 0.25) is 0 Å². The van der Waals surface area contributed by atoms with Gasteiger partial charge in [-0.25, -0.2) is 9.13 Å². The summed E-state index contributed by atoms with van der Waals surface area (Å²) in [4.78, 5) is 12.5. The van der Waals surface area contributed by atoms with E-state index < -0.39 is 0 Å². The van der Waals surface area contributed by atoms with Crippen LogP contribution in [0.5, 0.6) is 0 Å². The molecule has 1 heterocycles. The molecule has 0 radical (unpaired) electrons. The Bertz CT molecular complexity index is 884. The Kier molecular flexibility index (Phi) is 4.87. The Morgan fingerprint density at radius 1 is 1.04 bits per heavy atom. The van der Waals surface area contributed by atoms with Crippen LogP contribution in [0.1, 0.15) is 10.4 Å². The highest BCUT2D eigenvalue weighted by Gasteiger charge is 2.20. The summed E-state index contributed by atoms with van der Waals surface area (Å²) in [6.07, 6.45) is 1.91. The Balaban J connectivity index is 1.89. The minimum atomic E-state index is 0.0205. The smallest absolute Gasteiger partial charge is 0.291 e. The summed E-state index contributed by atoms with van der Waals surface area (Å²) in [6.45, 7) is 0.206. The summed E-state index contributed by atoms with van der Waals surface area (Å²) < 4.78 is 5.63. The van der Waals surface area contributed by atoms with Gasteiger partial charge in [0.2, 0.25) is 0 Å². The van der Waals surface area contributed by atoms with Gasteiger partial charge in [0, 0.05) is 20.1 Å². The van der Waals surface area contributed by atoms with Crippen LogP contribution in [0, 0.1) is 0 Å². The molecule has 0 aliphatic heterocycles. The zero-order valence-corrected chi connectivity index (χ0v) is 16.2. The molecule has 2 N–H and O–H groups in total. The number of Topliss-reactive ketones (excluding diaryl/α,β-unsaturated/α-hetero) is 1. The number of hydrogen-bond acceptors (Lipinski definition) is 2. The van der Waals surface area contributed by atoms with Crippen molar-refractivity contribution in [3.63, 3.8) is 0 Å². The molecule has 3 rings (SSSR count). The van der Waals surface area contributed by atoms with Crippen LogP contribution >= 0.6 is 31.9 Å². The van der Waals surface area contributed by atoms with Crippen molar-refractivity contribution in [1.82, 2.24) is 4.57 Å². The molecule has 0 aliphatic carbocycles. The minimum absolute atomic E-state index is 0.0205. The number of anilines is 1. The van der Waals surface area contributed by atoms with E-state index in [0.29, 0.717) is 11.5 Å². The molecule has 4 nitrogen and oxygen atoms in total. The van der Waals surface area contributed by atoms with Gasteiger partial charge in [-0.05, 0) is 24.3 Å². The Morgan fingerprint density at radius 3 is 2.17 bits per heavy atom. The first kappa shape index (κ1) is 16.9. The lowest BCUT2D eigenvalue weighted by Crippen LogP contribution is -2.39. The number of carbonyl (C=O) groups is 1. The van der Waals surface area contributed by atoms with Crippen molar-refractivity contribution < 1.29 is 9.36 Å². The predicted molar refractivity (Wildman–Crippen MR) is 102 cm³/mol. The summed E-state index contributed by atoms with van der Waals surface area (Å²) in [7, 11) is 1.90. The molecule has 0 unspecified atom stereocenters. The number of benzene rings is 2. The number of nitrogens with zero attached hydrogens (tertiary/aromatic N) is 2. The van der Waals surface area contributed by atoms with E-state index in [1.807, 2.05) is 66.3 Å². The Hall–Kier alpha value is -1.92. The topological polar surface area (TPSA) is 51.9 Å². The van der Waals surface area contributed by atoms with Gasteiger partial charge in [-0.3, -0.25) is 10.5 Å². The summed E-state index contributed by atoms with van der Waals surface area (Å²) in [5.74, 6) is 0.561. The summed E-state index contributed by atoms with van der Waals surface area (Å²) in [5.41, 5.74) is 8.85. The summed E-state index contributed by atoms with van der Waals surface area (Å²) >= 11 is 6.81. The fraction of sp³-hybridized carbons (Fsp3) is 0.111. The van der Waals surface area contributed by atoms with Crippen molar-refractivity contribution in [3.8, 4) is 11.3 Å². The number of nitrogen functional groups attached to an aromatic ring is 1. The zero-order valence-electron chi connectivity index (χ0n) is 13.0. The number of hydrogen-bond donors (Lipinski definition) is 1. The van der Waals surface area contributed by atoms with Crippen molar-refractivity contribution in [2.75, 3.05) is 5.73 Å². The van der Waals surface area contributed by atoms with Gasteiger partial charge in [-0.2, -0.15) is 0 Å². The number of nitrogens with two attached hydrogens (primary N) is 1. The van der Waals surface area contributed by atoms with Gasteiger partial charge in [0.25, 0.3) is 0 Å². The molecule has 0 atom stereocenters. The van der Waals surface area contributed by atoms with Gasteiger partial charge >= 0.3 is 5.95 Å². The fourth-order valence-corrected chi connectivity index (χ4v) is 3.04. The normalized spacial score (nSPS) is 10.8. The van der Waals surface area contributed by atoms with Crippen molar-refractivity contribution in [2.45, 2.75) is 6.54 Å². The first-order valence-electron chi connectivity index (χ1n) is 7.35. The lowest BCUT2D eigenvalue weighted by atomic mass is 10.1. The Labute approximate surface area is 157 Å². The zero-order chi connectivity index (χ0) is 17.3. The van der Waals surface area contributed by atoms with Gasteiger partial charge in [-0.15, -0.1) is 0 Å². The first-order chi connectivity index (χ1) is 11.5. The summed E-state index contributed by atoms with van der Waals surface area (Å²) in [5, 5.41) is 0. The maximum atomic E-state index is 12.5. The van der Waals surface area contributed by atoms with Crippen LogP contribution in [-0.2, 0) is 13.6 Å². The van der Waals surface area contributed by atoms with Gasteiger partial charge in [0.15, 0.2) is 5.78 Å². The predicted octanol–water partition coefficient (Wildman–Crippen LogP) is 3.97. The first-order valence-corrected chi connectivity index (χ1v) is 8.93. The molecule has 3 aromatic rings. The van der Waals surface area contributed by atoms with Gasteiger partial charge in [0.1, 0.15) is 18.4 Å². The highest BCUT2D eigenvalue weighted by Crippen LogP contribution is 2.22. The number of rotatable bonds is 4. The molecule has 0 saturated heterocycles. The molecular weight excluding hydrogens is 434 g/mol. The standard InChI is InChI=1S/C18H15Br2N3O/c1-22-16(12-2-6-14(19)7-3-12)10-23(18(22)21)11-17(24)13-4-8-15(20)9-5-13/h2-10,21H,11H2,1H3/p+1. The molecular formula is C18H16Br2N3O+. The third kappa shape index (κ3) is 3.44. The second kappa shape index (κ2) is 6.91. The van der Waals surface area contributed by atoms with Crippen LogP contribution < -0.4 is 10.3 Å². The molecule has 0 saturated carbocycles. The van der Waals surface area contributed by atoms with Crippen LogP contribution in [-0.4, -0.2) is 10.4 Å². The van der Waals surface area contributed by atoms with E-state index in [1.54, 1.807) is 4.57 Å². The van der Waals surface area contributed by atoms with Gasteiger partial charge in [0.05, 0.1) is 7.05 Å². The van der Waals surface area contributed by atoms with E-state index in [9.17, 15) is 4.79 Å². The van der Waals surface area contributed by atoms with E-state index in [4.69, 9.17) is 5.73 Å². The third-order valence-electron chi connectivity index (χ3n) is 3.90. The second-order valence-corrected chi connectivity index (χ2v) is 7.33. The van der Waals surface area contributed by atoms with E-state index in [-0.39, 0.29) is 12.3 Å². The van der Waals surface area contributed by atoms with E-state index in [0.717, 1.165) is 20.2 Å². The van der Waals surface area contributed by atoms with E-state index in [2.05, 4.69) is 31.9 Å². The summed E-state index contributed by atoms with van der Waals surface area (Å²) in [6, 6.07) is 15.3. The monoisotopic (exact) mass is 448 g/mol. The lowest BCUT2D eigenvalue weighted by Gasteiger charge is -2.00. The molecule has 0 aliphatic rings. The maximum Gasteiger partial charge on any atom is 0.355 e. The number of carbonyl (C=O) groups excluding carboxylic acids is 1. The van der Waals surface area contributed by atoms with E-state index in [1.165, 1.54) is 0 Å². The average Bonchev–Trinajstić information content (AvgIpc) is 2.85. The molecule has 0 fully saturated rings. The van der Waals surface area contributed by atoms with Crippen LogP contribution in [0.4, 0.5) is 5.95 Å². The molecule has 1 aromatic heterocycles. The van der Waals surface area contributed by atoms with Crippen molar-refractivity contribution in [3.05, 3.63) is 69.2 Å². The lowest BCUT2D eigenvalue weighted by molar-refractivity contribution is -0.667. The van der Waals surface area contributed by atoms with Crippen LogP contribution in [0.3, 0.4) is 0 Å². The number of imidazole rings is 1. The van der Waals surface area contributed by atoms with Crippen LogP contribution in [0.15, 0.2) is 63.7 Å². The number of halogens is 2.